The number of fused-ring (bicyclic) bond motifs is 1. The molecule has 1 aliphatic carbocycles. The second kappa shape index (κ2) is 6.20. The summed E-state index contributed by atoms with van der Waals surface area (Å²) < 4.78 is 5.66. The molecule has 3 atom stereocenters. The number of hydrogen-bond acceptors (Lipinski definition) is 3. The van der Waals surface area contributed by atoms with Gasteiger partial charge < -0.3 is 9.72 Å². The van der Waals surface area contributed by atoms with E-state index in [0.29, 0.717) is 17.0 Å². The Bertz CT molecular complexity index is 928. The van der Waals surface area contributed by atoms with Crippen molar-refractivity contribution in [3.05, 3.63) is 71.9 Å². The summed E-state index contributed by atoms with van der Waals surface area (Å²) in [5, 5.41) is 0.837. The van der Waals surface area contributed by atoms with Crippen LogP contribution < -0.4 is 0 Å². The Morgan fingerprint density at radius 1 is 1.08 bits per heavy atom. The molecule has 1 aliphatic rings. The number of aromatic nitrogens is 1. The van der Waals surface area contributed by atoms with Crippen LogP contribution in [0.25, 0.3) is 10.9 Å². The quantitative estimate of drug-likeness (QED) is 0.560. The maximum Gasteiger partial charge on any atom is 0.310 e. The first-order chi connectivity index (χ1) is 12.1. The van der Waals surface area contributed by atoms with Crippen molar-refractivity contribution in [2.75, 3.05) is 0 Å². The van der Waals surface area contributed by atoms with Crippen molar-refractivity contribution in [3.63, 3.8) is 0 Å². The van der Waals surface area contributed by atoms with Gasteiger partial charge in [-0.2, -0.15) is 0 Å². The number of Topliss-reactive ketones (excluding diaryl/α,β-unsaturated/α-hetero) is 1. The Morgan fingerprint density at radius 3 is 2.48 bits per heavy atom. The van der Waals surface area contributed by atoms with Gasteiger partial charge in [-0.05, 0) is 18.4 Å². The molecule has 1 aromatic heterocycles. The number of H-pyrrole nitrogens is 1. The Hall–Kier alpha value is -2.88. The SMILES string of the molecule is C[C@H]1C[C@@H]1C(=O)O[C@H](C(=O)c1c[nH]c2ccccc12)c1ccccc1. The minimum absolute atomic E-state index is 0.0815. The molecule has 3 aromatic rings. The normalized spacial score (nSPS) is 20.2. The zero-order valence-corrected chi connectivity index (χ0v) is 13.9. The average molecular weight is 333 g/mol. The van der Waals surface area contributed by atoms with E-state index < -0.39 is 6.10 Å². The number of esters is 1. The van der Waals surface area contributed by atoms with Gasteiger partial charge >= 0.3 is 5.97 Å². The Kier molecular flexibility index (Phi) is 3.88. The van der Waals surface area contributed by atoms with Crippen LogP contribution in [0.5, 0.6) is 0 Å². The number of nitrogens with one attached hydrogen (secondary N) is 1. The second-order valence-corrected chi connectivity index (χ2v) is 6.66. The lowest BCUT2D eigenvalue weighted by Gasteiger charge is -2.17. The minimum atomic E-state index is -0.916. The number of aromatic amines is 1. The fourth-order valence-electron chi connectivity index (χ4n) is 3.17. The van der Waals surface area contributed by atoms with Crippen LogP contribution in [0.4, 0.5) is 0 Å². The summed E-state index contributed by atoms with van der Waals surface area (Å²) in [6.07, 6.45) is 1.61. The van der Waals surface area contributed by atoms with Gasteiger partial charge in [0, 0.05) is 28.2 Å². The predicted molar refractivity (Wildman–Crippen MR) is 95.2 cm³/mol. The molecule has 126 valence electrons. The third kappa shape index (κ3) is 2.95. The average Bonchev–Trinajstić information content (AvgIpc) is 3.22. The highest BCUT2D eigenvalue weighted by Gasteiger charge is 2.42. The van der Waals surface area contributed by atoms with Gasteiger partial charge in [-0.1, -0.05) is 55.5 Å². The summed E-state index contributed by atoms with van der Waals surface area (Å²) in [5.41, 5.74) is 2.13. The first-order valence-electron chi connectivity index (χ1n) is 8.51. The number of carbonyl (C=O) groups is 2. The number of ether oxygens (including phenoxy) is 1. The standard InChI is InChI=1S/C21H19NO3/c1-13-11-16(13)21(24)25-20(14-7-3-2-4-8-14)19(23)17-12-22-18-10-6-5-9-15(17)18/h2-10,12-13,16,20,22H,11H2,1H3/t13-,16-,20-/m0/s1. The van der Waals surface area contributed by atoms with Gasteiger partial charge in [-0.25, -0.2) is 0 Å². The third-order valence-corrected chi connectivity index (χ3v) is 4.84. The maximum absolute atomic E-state index is 13.2. The van der Waals surface area contributed by atoms with Crippen LogP contribution in [0.1, 0.15) is 35.4 Å². The molecule has 0 aliphatic heterocycles. The molecule has 25 heavy (non-hydrogen) atoms. The van der Waals surface area contributed by atoms with E-state index in [1.165, 1.54) is 0 Å². The number of para-hydroxylation sites is 1. The number of rotatable bonds is 5. The van der Waals surface area contributed by atoms with E-state index >= 15 is 0 Å². The van der Waals surface area contributed by atoms with E-state index in [-0.39, 0.29) is 17.7 Å². The Labute approximate surface area is 145 Å². The van der Waals surface area contributed by atoms with E-state index in [9.17, 15) is 9.59 Å². The van der Waals surface area contributed by atoms with Crippen LogP contribution in [0.3, 0.4) is 0 Å². The molecule has 0 bridgehead atoms. The summed E-state index contributed by atoms with van der Waals surface area (Å²) in [5.74, 6) is -0.228. The lowest BCUT2D eigenvalue weighted by molar-refractivity contribution is -0.149. The molecule has 1 saturated carbocycles. The van der Waals surface area contributed by atoms with Gasteiger partial charge in [-0.15, -0.1) is 0 Å². The van der Waals surface area contributed by atoms with Crippen LogP contribution in [-0.2, 0) is 9.53 Å². The van der Waals surface area contributed by atoms with Crippen molar-refractivity contribution in [2.24, 2.45) is 11.8 Å². The van der Waals surface area contributed by atoms with Crippen molar-refractivity contribution in [1.29, 1.82) is 0 Å². The third-order valence-electron chi connectivity index (χ3n) is 4.84. The predicted octanol–water partition coefficient (Wildman–Crippen LogP) is 4.29. The molecule has 4 rings (SSSR count). The zero-order chi connectivity index (χ0) is 17.4. The molecule has 4 heteroatoms. The number of carbonyl (C=O) groups excluding carboxylic acids is 2. The molecule has 2 aromatic carbocycles. The van der Waals surface area contributed by atoms with E-state index in [0.717, 1.165) is 17.3 Å². The molecular formula is C21H19NO3. The largest absolute Gasteiger partial charge is 0.449 e. The van der Waals surface area contributed by atoms with Gasteiger partial charge in [0.05, 0.1) is 5.92 Å². The highest BCUT2D eigenvalue weighted by molar-refractivity contribution is 6.10. The lowest BCUT2D eigenvalue weighted by Crippen LogP contribution is -2.21. The second-order valence-electron chi connectivity index (χ2n) is 6.66. The first-order valence-corrected chi connectivity index (χ1v) is 8.51. The first kappa shape index (κ1) is 15.6. The molecule has 1 heterocycles. The van der Waals surface area contributed by atoms with Crippen molar-refractivity contribution >= 4 is 22.7 Å². The van der Waals surface area contributed by atoms with Crippen LogP contribution in [0.2, 0.25) is 0 Å². The highest BCUT2D eigenvalue weighted by Crippen LogP contribution is 2.40. The van der Waals surface area contributed by atoms with Crippen LogP contribution >= 0.6 is 0 Å². The fraction of sp³-hybridized carbons (Fsp3) is 0.238. The minimum Gasteiger partial charge on any atom is -0.449 e. The molecule has 1 N–H and O–H groups in total. The monoisotopic (exact) mass is 333 g/mol. The summed E-state index contributed by atoms with van der Waals surface area (Å²) in [6.45, 7) is 2.02. The number of hydrogen-bond donors (Lipinski definition) is 1. The summed E-state index contributed by atoms with van der Waals surface area (Å²) >= 11 is 0. The van der Waals surface area contributed by atoms with Crippen LogP contribution in [0, 0.1) is 11.8 Å². The Balaban J connectivity index is 1.69. The molecular weight excluding hydrogens is 314 g/mol. The van der Waals surface area contributed by atoms with E-state index in [4.69, 9.17) is 4.74 Å². The van der Waals surface area contributed by atoms with Gasteiger partial charge in [-0.3, -0.25) is 9.59 Å². The van der Waals surface area contributed by atoms with Crippen molar-refractivity contribution < 1.29 is 14.3 Å². The Morgan fingerprint density at radius 2 is 1.76 bits per heavy atom. The molecule has 1 fully saturated rings. The van der Waals surface area contributed by atoms with E-state index in [1.807, 2.05) is 61.5 Å². The zero-order valence-electron chi connectivity index (χ0n) is 13.9. The van der Waals surface area contributed by atoms with Crippen LogP contribution in [0.15, 0.2) is 60.8 Å². The molecule has 0 unspecified atom stereocenters. The highest BCUT2D eigenvalue weighted by atomic mass is 16.5. The maximum atomic E-state index is 13.2. The van der Waals surface area contributed by atoms with E-state index in [1.54, 1.807) is 6.20 Å². The molecule has 0 amide bonds. The molecule has 0 saturated heterocycles. The van der Waals surface area contributed by atoms with Gasteiger partial charge in [0.2, 0.25) is 5.78 Å². The van der Waals surface area contributed by atoms with E-state index in [2.05, 4.69) is 4.98 Å². The van der Waals surface area contributed by atoms with Crippen molar-refractivity contribution in [3.8, 4) is 0 Å². The number of ketones is 1. The summed E-state index contributed by atoms with van der Waals surface area (Å²) in [4.78, 5) is 28.6. The summed E-state index contributed by atoms with van der Waals surface area (Å²) in [7, 11) is 0. The van der Waals surface area contributed by atoms with Gasteiger partial charge in [0.25, 0.3) is 0 Å². The molecule has 0 spiro atoms. The smallest absolute Gasteiger partial charge is 0.310 e. The number of benzene rings is 2. The molecule has 0 radical (unpaired) electrons. The fourth-order valence-corrected chi connectivity index (χ4v) is 3.17. The molecule has 4 nitrogen and oxygen atoms in total. The van der Waals surface area contributed by atoms with Gasteiger partial charge in [0.15, 0.2) is 6.10 Å². The topological polar surface area (TPSA) is 59.2 Å². The van der Waals surface area contributed by atoms with Gasteiger partial charge in [0.1, 0.15) is 0 Å². The van der Waals surface area contributed by atoms with Crippen LogP contribution in [-0.4, -0.2) is 16.7 Å². The van der Waals surface area contributed by atoms with Crippen molar-refractivity contribution in [2.45, 2.75) is 19.4 Å². The lowest BCUT2D eigenvalue weighted by atomic mass is 9.99. The van der Waals surface area contributed by atoms with Crippen molar-refractivity contribution in [1.82, 2.24) is 4.98 Å². The summed E-state index contributed by atoms with van der Waals surface area (Å²) in [6, 6.07) is 16.8.